The van der Waals surface area contributed by atoms with Crippen molar-refractivity contribution in [3.05, 3.63) is 72.0 Å². The first-order chi connectivity index (χ1) is 14.3. The third kappa shape index (κ3) is 3.87. The number of imidazole rings is 1. The van der Waals surface area contributed by atoms with Crippen LogP contribution < -0.4 is 5.32 Å². The van der Waals surface area contributed by atoms with Crippen molar-refractivity contribution in [3.8, 4) is 11.4 Å². The van der Waals surface area contributed by atoms with E-state index in [2.05, 4.69) is 20.4 Å². The van der Waals surface area contributed by atoms with Crippen LogP contribution >= 0.6 is 0 Å². The Bertz CT molecular complexity index is 1170. The maximum absolute atomic E-state index is 12.9. The van der Waals surface area contributed by atoms with Crippen molar-refractivity contribution in [3.63, 3.8) is 0 Å². The van der Waals surface area contributed by atoms with Crippen molar-refractivity contribution in [2.24, 2.45) is 0 Å². The average molecular weight is 417 g/mol. The van der Waals surface area contributed by atoms with Gasteiger partial charge >= 0.3 is 6.18 Å². The number of fused-ring (bicyclic) bond motifs is 1. The van der Waals surface area contributed by atoms with Gasteiger partial charge < -0.3 is 19.3 Å². The zero-order valence-electron chi connectivity index (χ0n) is 15.2. The number of carbonyl (C=O) groups excluding carboxylic acids is 1. The van der Waals surface area contributed by atoms with E-state index in [1.807, 2.05) is 0 Å². The third-order valence-corrected chi connectivity index (χ3v) is 4.27. The van der Waals surface area contributed by atoms with Gasteiger partial charge in [-0.15, -0.1) is 0 Å². The van der Waals surface area contributed by atoms with Crippen molar-refractivity contribution in [1.82, 2.24) is 24.8 Å². The predicted molar refractivity (Wildman–Crippen MR) is 97.2 cm³/mol. The monoisotopic (exact) mass is 417 g/mol. The van der Waals surface area contributed by atoms with Crippen molar-refractivity contribution < 1.29 is 27.6 Å². The minimum atomic E-state index is -4.52. The summed E-state index contributed by atoms with van der Waals surface area (Å²) in [5.41, 5.74) is -0.0986. The van der Waals surface area contributed by atoms with E-state index in [1.54, 1.807) is 28.8 Å². The van der Waals surface area contributed by atoms with E-state index in [4.69, 9.17) is 4.52 Å². The van der Waals surface area contributed by atoms with Gasteiger partial charge in [0.05, 0.1) is 12.2 Å². The number of rotatable bonds is 5. The van der Waals surface area contributed by atoms with Crippen LogP contribution in [-0.4, -0.2) is 37.1 Å². The minimum absolute atomic E-state index is 0.0863. The van der Waals surface area contributed by atoms with Crippen molar-refractivity contribution >= 4 is 11.6 Å². The number of alkyl halides is 3. The Morgan fingerprint density at radius 2 is 2.03 bits per heavy atom. The van der Waals surface area contributed by atoms with Crippen LogP contribution in [-0.2, 0) is 6.18 Å². The van der Waals surface area contributed by atoms with E-state index in [-0.39, 0.29) is 23.0 Å². The molecular formula is C19H14F3N5O3. The summed E-state index contributed by atoms with van der Waals surface area (Å²) in [5.74, 6) is -0.838. The molecular weight excluding hydrogens is 403 g/mol. The molecule has 0 aliphatic heterocycles. The van der Waals surface area contributed by atoms with Crippen LogP contribution in [0.5, 0.6) is 0 Å². The number of halogens is 3. The van der Waals surface area contributed by atoms with Gasteiger partial charge in [-0.25, -0.2) is 4.98 Å². The number of benzene rings is 1. The van der Waals surface area contributed by atoms with Crippen LogP contribution in [0, 0.1) is 0 Å². The lowest BCUT2D eigenvalue weighted by molar-refractivity contribution is -0.137. The quantitative estimate of drug-likeness (QED) is 0.517. The molecule has 0 spiro atoms. The molecule has 1 amide bonds. The van der Waals surface area contributed by atoms with E-state index < -0.39 is 30.3 Å². The number of pyridine rings is 1. The topological polar surface area (TPSA) is 106 Å². The summed E-state index contributed by atoms with van der Waals surface area (Å²) in [4.78, 5) is 20.7. The number of carbonyl (C=O) groups is 1. The molecule has 30 heavy (non-hydrogen) atoms. The lowest BCUT2D eigenvalue weighted by atomic mass is 10.1. The predicted octanol–water partition coefficient (Wildman–Crippen LogP) is 2.87. The lowest BCUT2D eigenvalue weighted by Gasteiger charge is -2.10. The normalized spacial score (nSPS) is 12.8. The van der Waals surface area contributed by atoms with E-state index >= 15 is 0 Å². The van der Waals surface area contributed by atoms with E-state index in [0.29, 0.717) is 5.65 Å². The molecule has 0 saturated heterocycles. The fourth-order valence-corrected chi connectivity index (χ4v) is 2.79. The molecule has 0 radical (unpaired) electrons. The summed E-state index contributed by atoms with van der Waals surface area (Å²) in [6, 6.07) is 8.65. The molecule has 4 aromatic rings. The summed E-state index contributed by atoms with van der Waals surface area (Å²) in [6.07, 6.45) is -1.28. The van der Waals surface area contributed by atoms with Gasteiger partial charge in [-0.2, -0.15) is 18.2 Å². The van der Waals surface area contributed by atoms with Crippen LogP contribution in [0.25, 0.3) is 17.0 Å². The van der Waals surface area contributed by atoms with E-state index in [1.165, 1.54) is 18.3 Å². The smallest absolute Gasteiger partial charge is 0.394 e. The molecule has 4 rings (SSSR count). The maximum atomic E-state index is 12.9. The Kier molecular flexibility index (Phi) is 4.96. The third-order valence-electron chi connectivity index (χ3n) is 4.27. The van der Waals surface area contributed by atoms with Gasteiger partial charge in [-0.1, -0.05) is 23.4 Å². The van der Waals surface area contributed by atoms with Gasteiger partial charge in [-0.3, -0.25) is 4.79 Å². The summed E-state index contributed by atoms with van der Waals surface area (Å²) >= 11 is 0. The Hall–Kier alpha value is -3.73. The summed E-state index contributed by atoms with van der Waals surface area (Å²) < 4.78 is 45.4. The van der Waals surface area contributed by atoms with Crippen LogP contribution in [0.3, 0.4) is 0 Å². The number of aliphatic hydroxyl groups is 1. The number of hydrogen-bond donors (Lipinski definition) is 2. The SMILES string of the molecule is O=C(N[C@@H](CO)c1nc(-c2cccc(C(F)(F)F)c2)no1)c1cn2ccccc2n1. The first kappa shape index (κ1) is 19.6. The fourth-order valence-electron chi connectivity index (χ4n) is 2.79. The van der Waals surface area contributed by atoms with Crippen LogP contribution in [0.2, 0.25) is 0 Å². The van der Waals surface area contributed by atoms with Crippen molar-refractivity contribution in [2.75, 3.05) is 6.61 Å². The van der Waals surface area contributed by atoms with Crippen LogP contribution in [0.15, 0.2) is 59.4 Å². The Morgan fingerprint density at radius 3 is 2.77 bits per heavy atom. The van der Waals surface area contributed by atoms with Gasteiger partial charge in [0.1, 0.15) is 17.4 Å². The zero-order chi connectivity index (χ0) is 21.3. The van der Waals surface area contributed by atoms with Gasteiger partial charge in [0.15, 0.2) is 0 Å². The van der Waals surface area contributed by atoms with Crippen LogP contribution in [0.4, 0.5) is 13.2 Å². The second-order valence-electron chi connectivity index (χ2n) is 6.34. The number of amides is 1. The Morgan fingerprint density at radius 1 is 1.20 bits per heavy atom. The molecule has 0 aliphatic rings. The second kappa shape index (κ2) is 7.59. The number of aliphatic hydroxyl groups excluding tert-OH is 1. The standard InChI is InChI=1S/C19H14F3N5O3/c20-19(21,22)12-5-3-4-11(8-12)16-25-18(30-26-16)14(10-28)24-17(29)13-9-27-7-2-1-6-15(27)23-13/h1-9,14,28H,10H2,(H,24,29)/t14-/m0/s1. The maximum Gasteiger partial charge on any atom is 0.416 e. The molecule has 11 heteroatoms. The zero-order valence-corrected chi connectivity index (χ0v) is 15.2. The van der Waals surface area contributed by atoms with Crippen LogP contribution in [0.1, 0.15) is 28.0 Å². The molecule has 0 saturated carbocycles. The van der Waals surface area contributed by atoms with Gasteiger partial charge in [0.25, 0.3) is 11.8 Å². The summed E-state index contributed by atoms with van der Waals surface area (Å²) in [6.45, 7) is -0.566. The van der Waals surface area contributed by atoms with Crippen molar-refractivity contribution in [2.45, 2.75) is 12.2 Å². The fraction of sp³-hybridized carbons (Fsp3) is 0.158. The average Bonchev–Trinajstić information content (AvgIpc) is 3.38. The molecule has 8 nitrogen and oxygen atoms in total. The number of nitrogens with one attached hydrogen (secondary N) is 1. The van der Waals surface area contributed by atoms with Gasteiger partial charge in [0, 0.05) is 18.0 Å². The first-order valence-electron chi connectivity index (χ1n) is 8.72. The highest BCUT2D eigenvalue weighted by Crippen LogP contribution is 2.31. The molecule has 0 aliphatic carbocycles. The highest BCUT2D eigenvalue weighted by molar-refractivity contribution is 5.93. The molecule has 0 fully saturated rings. The minimum Gasteiger partial charge on any atom is -0.394 e. The van der Waals surface area contributed by atoms with E-state index in [9.17, 15) is 23.1 Å². The molecule has 3 aromatic heterocycles. The Labute approximate surface area is 167 Å². The number of nitrogens with zero attached hydrogens (tertiary/aromatic N) is 4. The summed E-state index contributed by atoms with van der Waals surface area (Å²) in [7, 11) is 0. The molecule has 0 unspecified atom stereocenters. The molecule has 154 valence electrons. The van der Waals surface area contributed by atoms with E-state index in [0.717, 1.165) is 12.1 Å². The largest absolute Gasteiger partial charge is 0.416 e. The Balaban J connectivity index is 1.54. The van der Waals surface area contributed by atoms with Crippen molar-refractivity contribution in [1.29, 1.82) is 0 Å². The number of hydrogen-bond acceptors (Lipinski definition) is 6. The molecule has 3 heterocycles. The lowest BCUT2D eigenvalue weighted by Crippen LogP contribution is -2.31. The van der Waals surface area contributed by atoms with Gasteiger partial charge in [0.2, 0.25) is 5.82 Å². The van der Waals surface area contributed by atoms with Gasteiger partial charge in [-0.05, 0) is 24.3 Å². The molecule has 1 aromatic carbocycles. The highest BCUT2D eigenvalue weighted by Gasteiger charge is 2.31. The highest BCUT2D eigenvalue weighted by atomic mass is 19.4. The molecule has 0 bridgehead atoms. The second-order valence-corrected chi connectivity index (χ2v) is 6.34. The molecule has 2 N–H and O–H groups in total. The molecule has 1 atom stereocenters. The summed E-state index contributed by atoms with van der Waals surface area (Å²) in [5, 5.41) is 15.8. The first-order valence-corrected chi connectivity index (χ1v) is 8.72. The number of aromatic nitrogens is 4.